The van der Waals surface area contributed by atoms with Crippen molar-refractivity contribution in [2.24, 2.45) is 5.73 Å². The van der Waals surface area contributed by atoms with E-state index in [4.69, 9.17) is 15.2 Å². The fourth-order valence-corrected chi connectivity index (χ4v) is 2.99. The van der Waals surface area contributed by atoms with E-state index >= 15 is 0 Å². The molecule has 3 unspecified atom stereocenters. The van der Waals surface area contributed by atoms with Gasteiger partial charge in [-0.2, -0.15) is 0 Å². The van der Waals surface area contributed by atoms with Crippen molar-refractivity contribution in [1.29, 1.82) is 0 Å². The molecular weight excluding hydrogens is 256 g/mol. The van der Waals surface area contributed by atoms with Crippen LogP contribution in [0.15, 0.2) is 0 Å². The molecule has 1 saturated carbocycles. The number of methoxy groups -OCH3 is 1. The van der Waals surface area contributed by atoms with Crippen LogP contribution in [0.25, 0.3) is 0 Å². The number of hydrogen-bond donors (Lipinski definition) is 1. The van der Waals surface area contributed by atoms with Gasteiger partial charge in [0.25, 0.3) is 0 Å². The third-order valence-electron chi connectivity index (χ3n) is 4.39. The molecule has 0 heterocycles. The molecule has 0 bridgehead atoms. The van der Waals surface area contributed by atoms with E-state index in [2.05, 4.69) is 18.7 Å². The van der Waals surface area contributed by atoms with Crippen molar-refractivity contribution in [2.75, 3.05) is 26.9 Å². The molecule has 5 heteroatoms. The maximum Gasteiger partial charge on any atom is 0.326 e. The lowest BCUT2D eigenvalue weighted by molar-refractivity contribution is -0.149. The number of nitrogens with two attached hydrogens (primary N) is 1. The number of rotatable bonds is 8. The highest BCUT2D eigenvalue weighted by Gasteiger charge is 2.45. The Balaban J connectivity index is 2.68. The molecule has 0 saturated heterocycles. The van der Waals surface area contributed by atoms with Crippen LogP contribution in [0.5, 0.6) is 0 Å². The zero-order chi connectivity index (χ0) is 15.2. The minimum absolute atomic E-state index is 0.252. The van der Waals surface area contributed by atoms with E-state index in [0.29, 0.717) is 38.1 Å². The first-order chi connectivity index (χ1) is 9.48. The predicted octanol–water partition coefficient (Wildman–Crippen LogP) is 1.55. The summed E-state index contributed by atoms with van der Waals surface area (Å²) < 4.78 is 10.3. The monoisotopic (exact) mass is 286 g/mol. The lowest BCUT2D eigenvalue weighted by Gasteiger charge is -2.34. The lowest BCUT2D eigenvalue weighted by atomic mass is 9.98. The fourth-order valence-electron chi connectivity index (χ4n) is 2.99. The Kier molecular flexibility index (Phi) is 6.92. The van der Waals surface area contributed by atoms with E-state index in [1.807, 2.05) is 6.92 Å². The third kappa shape index (κ3) is 4.17. The Morgan fingerprint density at radius 2 is 2.20 bits per heavy atom. The summed E-state index contributed by atoms with van der Waals surface area (Å²) in [6.07, 6.45) is 3.41. The van der Waals surface area contributed by atoms with Crippen molar-refractivity contribution < 1.29 is 14.3 Å². The summed E-state index contributed by atoms with van der Waals surface area (Å²) in [5, 5.41) is 0. The number of carbonyl (C=O) groups is 1. The van der Waals surface area contributed by atoms with Crippen LogP contribution in [0, 0.1) is 0 Å². The van der Waals surface area contributed by atoms with E-state index in [1.165, 1.54) is 0 Å². The summed E-state index contributed by atoms with van der Waals surface area (Å²) in [5.41, 5.74) is 5.45. The van der Waals surface area contributed by atoms with Crippen LogP contribution in [-0.4, -0.2) is 55.4 Å². The molecule has 2 N–H and O–H groups in total. The number of nitrogens with zero attached hydrogens (tertiary/aromatic N) is 1. The molecule has 0 aromatic carbocycles. The van der Waals surface area contributed by atoms with Gasteiger partial charge in [-0.15, -0.1) is 0 Å². The SMILES string of the molecule is CCOC(=O)C1(N)CCC(N(CCOC)C(C)CC)C1. The molecule has 0 radical (unpaired) electrons. The van der Waals surface area contributed by atoms with Crippen LogP contribution in [0.4, 0.5) is 0 Å². The predicted molar refractivity (Wildman–Crippen MR) is 79.5 cm³/mol. The van der Waals surface area contributed by atoms with Gasteiger partial charge in [0.15, 0.2) is 0 Å². The van der Waals surface area contributed by atoms with Crippen LogP contribution in [0.3, 0.4) is 0 Å². The van der Waals surface area contributed by atoms with Gasteiger partial charge in [-0.05, 0) is 39.5 Å². The average Bonchev–Trinajstić information content (AvgIpc) is 2.83. The largest absolute Gasteiger partial charge is 0.465 e. The van der Waals surface area contributed by atoms with Gasteiger partial charge in [-0.25, -0.2) is 0 Å². The van der Waals surface area contributed by atoms with Gasteiger partial charge in [-0.1, -0.05) is 6.92 Å². The normalized spacial score (nSPS) is 27.8. The van der Waals surface area contributed by atoms with E-state index < -0.39 is 5.54 Å². The molecule has 1 fully saturated rings. The van der Waals surface area contributed by atoms with Gasteiger partial charge in [0, 0.05) is 25.7 Å². The van der Waals surface area contributed by atoms with Gasteiger partial charge in [0.2, 0.25) is 0 Å². The third-order valence-corrected chi connectivity index (χ3v) is 4.39. The topological polar surface area (TPSA) is 64.8 Å². The van der Waals surface area contributed by atoms with Crippen LogP contribution in [-0.2, 0) is 14.3 Å². The quantitative estimate of drug-likeness (QED) is 0.686. The summed E-state index contributed by atoms with van der Waals surface area (Å²) in [6, 6.07) is 0.814. The average molecular weight is 286 g/mol. The summed E-state index contributed by atoms with van der Waals surface area (Å²) in [7, 11) is 1.72. The van der Waals surface area contributed by atoms with Gasteiger partial charge in [0.05, 0.1) is 13.2 Å². The van der Waals surface area contributed by atoms with Gasteiger partial charge < -0.3 is 15.2 Å². The Morgan fingerprint density at radius 1 is 1.50 bits per heavy atom. The molecule has 20 heavy (non-hydrogen) atoms. The summed E-state index contributed by atoms with van der Waals surface area (Å²) in [6.45, 7) is 8.20. The molecule has 1 aliphatic rings. The standard InChI is InChI=1S/C15H30N2O3/c1-5-12(3)17(9-10-19-4)13-7-8-15(16,11-13)14(18)20-6-2/h12-13H,5-11,16H2,1-4H3. The Labute approximate surface area is 122 Å². The van der Waals surface area contributed by atoms with Crippen LogP contribution >= 0.6 is 0 Å². The number of carbonyl (C=O) groups excluding carboxylic acids is 1. The van der Waals surface area contributed by atoms with E-state index in [-0.39, 0.29) is 5.97 Å². The highest BCUT2D eigenvalue weighted by molar-refractivity contribution is 5.81. The molecule has 0 amide bonds. The summed E-state index contributed by atoms with van der Waals surface area (Å²) >= 11 is 0. The van der Waals surface area contributed by atoms with Crippen molar-refractivity contribution in [1.82, 2.24) is 4.90 Å². The van der Waals surface area contributed by atoms with Crippen molar-refractivity contribution in [3.05, 3.63) is 0 Å². The first-order valence-electron chi connectivity index (χ1n) is 7.69. The molecule has 0 aliphatic heterocycles. The molecule has 1 rings (SSSR count). The maximum absolute atomic E-state index is 12.0. The van der Waals surface area contributed by atoms with Crippen LogP contribution in [0.1, 0.15) is 46.5 Å². The first-order valence-corrected chi connectivity index (χ1v) is 7.69. The minimum atomic E-state index is -0.806. The first kappa shape index (κ1) is 17.4. The lowest BCUT2D eigenvalue weighted by Crippen LogP contribution is -2.49. The molecule has 5 nitrogen and oxygen atoms in total. The van der Waals surface area contributed by atoms with Crippen molar-refractivity contribution in [3.63, 3.8) is 0 Å². The van der Waals surface area contributed by atoms with Crippen molar-refractivity contribution >= 4 is 5.97 Å². The van der Waals surface area contributed by atoms with Gasteiger partial charge in [-0.3, -0.25) is 9.69 Å². The number of esters is 1. The van der Waals surface area contributed by atoms with E-state index in [9.17, 15) is 4.79 Å². The zero-order valence-electron chi connectivity index (χ0n) is 13.4. The molecule has 0 aromatic heterocycles. The van der Waals surface area contributed by atoms with Crippen LogP contribution < -0.4 is 5.73 Å². The van der Waals surface area contributed by atoms with E-state index in [1.54, 1.807) is 7.11 Å². The molecule has 1 aliphatic carbocycles. The Morgan fingerprint density at radius 3 is 2.75 bits per heavy atom. The van der Waals surface area contributed by atoms with E-state index in [0.717, 1.165) is 19.4 Å². The molecule has 3 atom stereocenters. The van der Waals surface area contributed by atoms with Crippen LogP contribution in [0.2, 0.25) is 0 Å². The van der Waals surface area contributed by atoms with Gasteiger partial charge in [0.1, 0.15) is 5.54 Å². The Bertz CT molecular complexity index is 311. The minimum Gasteiger partial charge on any atom is -0.465 e. The highest BCUT2D eigenvalue weighted by Crippen LogP contribution is 2.33. The Hall–Kier alpha value is -0.650. The van der Waals surface area contributed by atoms with Crippen molar-refractivity contribution in [2.45, 2.75) is 64.1 Å². The molecule has 118 valence electrons. The summed E-state index contributed by atoms with van der Waals surface area (Å²) in [4.78, 5) is 14.4. The molecule has 0 spiro atoms. The fraction of sp³-hybridized carbons (Fsp3) is 0.933. The second kappa shape index (κ2) is 7.96. The van der Waals surface area contributed by atoms with Gasteiger partial charge >= 0.3 is 5.97 Å². The number of hydrogen-bond acceptors (Lipinski definition) is 5. The highest BCUT2D eigenvalue weighted by atomic mass is 16.5. The maximum atomic E-state index is 12.0. The number of ether oxygens (including phenoxy) is 2. The van der Waals surface area contributed by atoms with Crippen molar-refractivity contribution in [3.8, 4) is 0 Å². The summed E-state index contributed by atoms with van der Waals surface area (Å²) in [5.74, 6) is -0.252. The molecular formula is C15H30N2O3. The molecule has 0 aromatic rings. The smallest absolute Gasteiger partial charge is 0.326 e. The second-order valence-corrected chi connectivity index (χ2v) is 5.76. The second-order valence-electron chi connectivity index (χ2n) is 5.76. The zero-order valence-corrected chi connectivity index (χ0v) is 13.4.